The molecule has 214 valence electrons. The molecular formula is C33H38IN5O2. The summed E-state index contributed by atoms with van der Waals surface area (Å²) in [5.41, 5.74) is 6.58. The maximum absolute atomic E-state index is 13.1. The summed E-state index contributed by atoms with van der Waals surface area (Å²) in [5, 5.41) is 6.26. The number of rotatable bonds is 8. The van der Waals surface area contributed by atoms with E-state index in [0.29, 0.717) is 21.1 Å². The van der Waals surface area contributed by atoms with E-state index >= 15 is 0 Å². The summed E-state index contributed by atoms with van der Waals surface area (Å²) in [6, 6.07) is 19.3. The van der Waals surface area contributed by atoms with Crippen molar-refractivity contribution in [2.75, 3.05) is 17.7 Å². The fraction of sp³-hybridized carbons (Fsp3) is 0.303. The van der Waals surface area contributed by atoms with E-state index in [-0.39, 0.29) is 16.9 Å². The molecule has 2 N–H and O–H groups in total. The molecule has 4 aromatic rings. The minimum absolute atomic E-state index is 0.0210. The molecule has 1 unspecified atom stereocenters. The van der Waals surface area contributed by atoms with Gasteiger partial charge in [-0.1, -0.05) is 73.7 Å². The lowest BCUT2D eigenvalue weighted by molar-refractivity contribution is 0.102. The molecule has 0 aliphatic heterocycles. The van der Waals surface area contributed by atoms with Gasteiger partial charge in [-0.2, -0.15) is 0 Å². The number of carbonyl (C=O) groups excluding carboxylic acids is 1. The van der Waals surface area contributed by atoms with Crippen molar-refractivity contribution in [1.82, 2.24) is 14.5 Å². The van der Waals surface area contributed by atoms with Crippen LogP contribution in [0.25, 0.3) is 11.1 Å². The van der Waals surface area contributed by atoms with Crippen molar-refractivity contribution < 1.29 is 4.79 Å². The van der Waals surface area contributed by atoms with Crippen molar-refractivity contribution in [3.8, 4) is 11.1 Å². The first-order chi connectivity index (χ1) is 19.3. The third kappa shape index (κ3) is 7.42. The number of benzene rings is 2. The second-order valence-corrected chi connectivity index (χ2v) is 13.3. The van der Waals surface area contributed by atoms with Gasteiger partial charge in [0.05, 0.1) is 4.05 Å². The first-order valence-electron chi connectivity index (χ1n) is 13.6. The molecule has 0 bridgehead atoms. The molecule has 0 aliphatic rings. The molecule has 2 aromatic carbocycles. The maximum atomic E-state index is 13.1. The van der Waals surface area contributed by atoms with Gasteiger partial charge < -0.3 is 15.2 Å². The van der Waals surface area contributed by atoms with Crippen LogP contribution in [0.3, 0.4) is 0 Å². The lowest BCUT2D eigenvalue weighted by atomic mass is 9.86. The zero-order chi connectivity index (χ0) is 29.9. The van der Waals surface area contributed by atoms with Crippen molar-refractivity contribution in [2.45, 2.75) is 50.6 Å². The Morgan fingerprint density at radius 3 is 2.39 bits per heavy atom. The zero-order valence-corrected chi connectivity index (χ0v) is 26.9. The van der Waals surface area contributed by atoms with Gasteiger partial charge in [0.2, 0.25) is 0 Å². The topological polar surface area (TPSA) is 79.3 Å². The minimum atomic E-state index is -0.165. The maximum Gasteiger partial charge on any atom is 0.274 e. The fourth-order valence-corrected chi connectivity index (χ4v) is 4.69. The molecule has 7 nitrogen and oxygen atoms in total. The van der Waals surface area contributed by atoms with Crippen LogP contribution in [0.1, 0.15) is 54.7 Å². The second kappa shape index (κ2) is 12.6. The fourth-order valence-electron chi connectivity index (χ4n) is 4.49. The summed E-state index contributed by atoms with van der Waals surface area (Å²) in [6.07, 6.45) is 3.64. The molecule has 0 spiro atoms. The highest BCUT2D eigenvalue weighted by Crippen LogP contribution is 2.30. The molecule has 0 fully saturated rings. The third-order valence-corrected chi connectivity index (χ3v) is 8.17. The van der Waals surface area contributed by atoms with E-state index in [2.05, 4.69) is 77.9 Å². The molecule has 41 heavy (non-hydrogen) atoms. The van der Waals surface area contributed by atoms with Crippen LogP contribution >= 0.6 is 22.6 Å². The molecule has 2 heterocycles. The van der Waals surface area contributed by atoms with Gasteiger partial charge in [0, 0.05) is 42.8 Å². The SMILES string of the molecule is Cc1c(NC(=O)c2ccc(C(C)(C)C)cc2)cccc1-c1cc(Nc2ccc(CN(C)C(C)I)cn2)c(=O)n(C)c1. The molecule has 0 saturated carbocycles. The molecular weight excluding hydrogens is 625 g/mol. The van der Waals surface area contributed by atoms with Crippen LogP contribution in [0.15, 0.2) is 77.9 Å². The van der Waals surface area contributed by atoms with Crippen LogP contribution in [-0.4, -0.2) is 31.5 Å². The summed E-state index contributed by atoms with van der Waals surface area (Å²) in [6.45, 7) is 11.4. The van der Waals surface area contributed by atoms with Crippen molar-refractivity contribution in [3.63, 3.8) is 0 Å². The number of alkyl halides is 1. The van der Waals surface area contributed by atoms with Gasteiger partial charge >= 0.3 is 0 Å². The molecule has 2 aromatic heterocycles. The van der Waals surface area contributed by atoms with Gasteiger partial charge in [-0.3, -0.25) is 14.5 Å². The highest BCUT2D eigenvalue weighted by molar-refractivity contribution is 14.1. The highest BCUT2D eigenvalue weighted by Gasteiger charge is 2.16. The Morgan fingerprint density at radius 2 is 1.78 bits per heavy atom. The van der Waals surface area contributed by atoms with E-state index in [1.807, 2.05) is 80.0 Å². The normalized spacial score (nSPS) is 12.3. The van der Waals surface area contributed by atoms with Crippen molar-refractivity contribution >= 4 is 45.7 Å². The number of pyridine rings is 2. The van der Waals surface area contributed by atoms with Gasteiger partial charge in [-0.25, -0.2) is 4.98 Å². The van der Waals surface area contributed by atoms with Crippen LogP contribution in [0.2, 0.25) is 0 Å². The monoisotopic (exact) mass is 663 g/mol. The Balaban J connectivity index is 1.57. The van der Waals surface area contributed by atoms with E-state index in [9.17, 15) is 9.59 Å². The standard InChI is InChI=1S/C33H38IN5O2/c1-21-27(9-8-10-28(21)37-31(40)24-12-14-26(15-13-24)33(3,4)5)25-17-29(32(41)39(7)20-25)36-30-16-11-23(18-35-30)19-38(6)22(2)34/h8-18,20,22H,19H2,1-7H3,(H,35,36)(H,37,40). The van der Waals surface area contributed by atoms with E-state index in [0.717, 1.165) is 34.5 Å². The van der Waals surface area contributed by atoms with Gasteiger partial charge in [0.15, 0.2) is 0 Å². The quantitative estimate of drug-likeness (QED) is 0.118. The second-order valence-electron chi connectivity index (χ2n) is 11.5. The Morgan fingerprint density at radius 1 is 1.07 bits per heavy atom. The van der Waals surface area contributed by atoms with Gasteiger partial charge in [0.25, 0.3) is 11.5 Å². The van der Waals surface area contributed by atoms with E-state index in [4.69, 9.17) is 0 Å². The van der Waals surface area contributed by atoms with Crippen LogP contribution in [0.5, 0.6) is 0 Å². The number of hydrogen-bond donors (Lipinski definition) is 2. The number of halogens is 1. The minimum Gasteiger partial charge on any atom is -0.336 e. The largest absolute Gasteiger partial charge is 0.336 e. The molecule has 1 amide bonds. The van der Waals surface area contributed by atoms with Crippen molar-refractivity contribution in [1.29, 1.82) is 0 Å². The van der Waals surface area contributed by atoms with Crippen LogP contribution in [0.4, 0.5) is 17.2 Å². The van der Waals surface area contributed by atoms with E-state index < -0.39 is 0 Å². The van der Waals surface area contributed by atoms with Crippen LogP contribution < -0.4 is 16.2 Å². The molecule has 0 saturated heterocycles. The summed E-state index contributed by atoms with van der Waals surface area (Å²) in [7, 11) is 3.81. The summed E-state index contributed by atoms with van der Waals surface area (Å²) in [5.74, 6) is 0.436. The summed E-state index contributed by atoms with van der Waals surface area (Å²) in [4.78, 5) is 32.8. The van der Waals surface area contributed by atoms with Crippen molar-refractivity contribution in [3.05, 3.63) is 106 Å². The number of aryl methyl sites for hydroxylation is 1. The molecule has 1 atom stereocenters. The van der Waals surface area contributed by atoms with E-state index in [1.165, 1.54) is 5.56 Å². The average molecular weight is 664 g/mol. The number of anilines is 3. The summed E-state index contributed by atoms with van der Waals surface area (Å²) < 4.78 is 1.97. The van der Waals surface area contributed by atoms with Gasteiger partial charge in [0.1, 0.15) is 11.5 Å². The van der Waals surface area contributed by atoms with Crippen LogP contribution in [-0.2, 0) is 19.0 Å². The van der Waals surface area contributed by atoms with Gasteiger partial charge in [-0.05, 0) is 78.9 Å². The zero-order valence-electron chi connectivity index (χ0n) is 24.7. The first kappa shape index (κ1) is 30.5. The molecule has 4 rings (SSSR count). The lowest BCUT2D eigenvalue weighted by Crippen LogP contribution is -2.23. The highest BCUT2D eigenvalue weighted by atomic mass is 127. The Bertz CT molecular complexity index is 1590. The van der Waals surface area contributed by atoms with Crippen molar-refractivity contribution in [2.24, 2.45) is 7.05 Å². The number of aromatic nitrogens is 2. The Kier molecular flexibility index (Phi) is 9.34. The number of nitrogens with one attached hydrogen (secondary N) is 2. The predicted molar refractivity (Wildman–Crippen MR) is 177 cm³/mol. The smallest absolute Gasteiger partial charge is 0.274 e. The molecule has 0 aliphatic carbocycles. The first-order valence-corrected chi connectivity index (χ1v) is 14.9. The number of nitrogens with zero attached hydrogens (tertiary/aromatic N) is 3. The van der Waals surface area contributed by atoms with E-state index in [1.54, 1.807) is 11.6 Å². The number of hydrogen-bond acceptors (Lipinski definition) is 5. The Hall–Kier alpha value is -3.50. The third-order valence-electron chi connectivity index (χ3n) is 7.22. The number of carbonyl (C=O) groups is 1. The van der Waals surface area contributed by atoms with Crippen LogP contribution in [0, 0.1) is 6.92 Å². The number of amides is 1. The Labute approximate surface area is 256 Å². The molecule has 8 heteroatoms. The average Bonchev–Trinajstić information content (AvgIpc) is 2.92. The molecule has 0 radical (unpaired) electrons. The lowest BCUT2D eigenvalue weighted by Gasteiger charge is -2.19. The van der Waals surface area contributed by atoms with Gasteiger partial charge in [-0.15, -0.1) is 0 Å². The predicted octanol–water partition coefficient (Wildman–Crippen LogP) is 7.26. The summed E-state index contributed by atoms with van der Waals surface area (Å²) >= 11 is 2.38.